The predicted molar refractivity (Wildman–Crippen MR) is 42.9 cm³/mol. The molecule has 2 rings (SSSR count). The topological polar surface area (TPSA) is 64.2 Å². The molecular weight excluding hydrogens is 172 g/mol. The van der Waals surface area contributed by atoms with E-state index in [0.29, 0.717) is 13.0 Å². The zero-order valence-electron chi connectivity index (χ0n) is 7.24. The van der Waals surface area contributed by atoms with Gasteiger partial charge in [-0.1, -0.05) is 0 Å². The van der Waals surface area contributed by atoms with Crippen molar-refractivity contribution < 1.29 is 14.3 Å². The van der Waals surface area contributed by atoms with Gasteiger partial charge in [0.25, 0.3) is 0 Å². The van der Waals surface area contributed by atoms with Gasteiger partial charge in [-0.15, -0.1) is 0 Å². The minimum Gasteiger partial charge on any atom is -0.467 e. The standard InChI is InChI=1S/C8H10N2O3/c1-12-8(11)7-2-6-5(4-13-7)3-9-10-6/h3,7H,2,4H2,1H3,(H,9,10). The highest BCUT2D eigenvalue weighted by Crippen LogP contribution is 2.18. The fourth-order valence-corrected chi connectivity index (χ4v) is 1.36. The van der Waals surface area contributed by atoms with E-state index in [9.17, 15) is 4.79 Å². The third-order valence-electron chi connectivity index (χ3n) is 2.10. The van der Waals surface area contributed by atoms with Gasteiger partial charge in [-0.05, 0) is 0 Å². The Kier molecular flexibility index (Phi) is 2.02. The lowest BCUT2D eigenvalue weighted by Gasteiger charge is -2.19. The summed E-state index contributed by atoms with van der Waals surface area (Å²) in [5.41, 5.74) is 1.97. The van der Waals surface area contributed by atoms with Crippen molar-refractivity contribution in [1.82, 2.24) is 10.2 Å². The molecule has 2 heterocycles. The Labute approximate surface area is 75.0 Å². The van der Waals surface area contributed by atoms with Gasteiger partial charge in [-0.3, -0.25) is 5.10 Å². The van der Waals surface area contributed by atoms with E-state index in [0.717, 1.165) is 11.3 Å². The zero-order chi connectivity index (χ0) is 9.26. The Morgan fingerprint density at radius 2 is 2.69 bits per heavy atom. The Morgan fingerprint density at radius 3 is 3.46 bits per heavy atom. The molecule has 5 nitrogen and oxygen atoms in total. The number of fused-ring (bicyclic) bond motifs is 1. The van der Waals surface area contributed by atoms with E-state index in [1.54, 1.807) is 6.20 Å². The van der Waals surface area contributed by atoms with Crippen LogP contribution in [-0.4, -0.2) is 29.4 Å². The second-order valence-corrected chi connectivity index (χ2v) is 2.90. The number of methoxy groups -OCH3 is 1. The van der Waals surface area contributed by atoms with E-state index in [4.69, 9.17) is 4.74 Å². The summed E-state index contributed by atoms with van der Waals surface area (Å²) in [6, 6.07) is 0. The van der Waals surface area contributed by atoms with Crippen LogP contribution in [0.5, 0.6) is 0 Å². The summed E-state index contributed by atoms with van der Waals surface area (Å²) in [6.45, 7) is 0.422. The molecule has 1 aliphatic rings. The summed E-state index contributed by atoms with van der Waals surface area (Å²) < 4.78 is 9.86. The third-order valence-corrected chi connectivity index (χ3v) is 2.10. The molecule has 0 radical (unpaired) electrons. The molecule has 1 atom stereocenters. The van der Waals surface area contributed by atoms with E-state index in [2.05, 4.69) is 14.9 Å². The smallest absolute Gasteiger partial charge is 0.335 e. The van der Waals surface area contributed by atoms with Crippen molar-refractivity contribution in [2.45, 2.75) is 19.1 Å². The van der Waals surface area contributed by atoms with Crippen LogP contribution in [0.1, 0.15) is 11.3 Å². The number of nitrogens with one attached hydrogen (secondary N) is 1. The molecule has 1 aliphatic heterocycles. The van der Waals surface area contributed by atoms with Crippen LogP contribution in [0.25, 0.3) is 0 Å². The van der Waals surface area contributed by atoms with Crippen LogP contribution in [-0.2, 0) is 27.3 Å². The van der Waals surface area contributed by atoms with E-state index < -0.39 is 6.10 Å². The number of hydrogen-bond acceptors (Lipinski definition) is 4. The van der Waals surface area contributed by atoms with Crippen molar-refractivity contribution in [3.63, 3.8) is 0 Å². The molecular formula is C8H10N2O3. The molecule has 13 heavy (non-hydrogen) atoms. The van der Waals surface area contributed by atoms with Crippen LogP contribution >= 0.6 is 0 Å². The highest BCUT2D eigenvalue weighted by Gasteiger charge is 2.27. The second-order valence-electron chi connectivity index (χ2n) is 2.90. The Balaban J connectivity index is 2.13. The number of rotatable bonds is 1. The van der Waals surface area contributed by atoms with E-state index in [1.165, 1.54) is 7.11 Å². The molecule has 70 valence electrons. The van der Waals surface area contributed by atoms with Crippen molar-refractivity contribution in [3.05, 3.63) is 17.5 Å². The Morgan fingerprint density at radius 1 is 1.85 bits per heavy atom. The minimum atomic E-state index is -0.488. The van der Waals surface area contributed by atoms with Gasteiger partial charge < -0.3 is 9.47 Å². The van der Waals surface area contributed by atoms with Crippen LogP contribution in [0.4, 0.5) is 0 Å². The van der Waals surface area contributed by atoms with E-state index in [-0.39, 0.29) is 5.97 Å². The highest BCUT2D eigenvalue weighted by atomic mass is 16.6. The largest absolute Gasteiger partial charge is 0.467 e. The van der Waals surface area contributed by atoms with Gasteiger partial charge >= 0.3 is 5.97 Å². The number of aromatic nitrogens is 2. The monoisotopic (exact) mass is 182 g/mol. The van der Waals surface area contributed by atoms with Crippen molar-refractivity contribution in [3.8, 4) is 0 Å². The van der Waals surface area contributed by atoms with Gasteiger partial charge in [0, 0.05) is 17.7 Å². The first kappa shape index (κ1) is 8.25. The first-order chi connectivity index (χ1) is 6.31. The molecule has 5 heteroatoms. The molecule has 0 bridgehead atoms. The van der Waals surface area contributed by atoms with Crippen molar-refractivity contribution in [2.75, 3.05) is 7.11 Å². The second kappa shape index (κ2) is 3.18. The van der Waals surface area contributed by atoms with E-state index >= 15 is 0 Å². The number of H-pyrrole nitrogens is 1. The number of carbonyl (C=O) groups is 1. The lowest BCUT2D eigenvalue weighted by atomic mass is 10.1. The van der Waals surface area contributed by atoms with Gasteiger partial charge in [0.2, 0.25) is 0 Å². The fraction of sp³-hybridized carbons (Fsp3) is 0.500. The van der Waals surface area contributed by atoms with Crippen molar-refractivity contribution in [2.24, 2.45) is 0 Å². The molecule has 1 N–H and O–H groups in total. The highest BCUT2D eigenvalue weighted by molar-refractivity contribution is 5.75. The first-order valence-electron chi connectivity index (χ1n) is 4.02. The average molecular weight is 182 g/mol. The zero-order valence-corrected chi connectivity index (χ0v) is 7.24. The summed E-state index contributed by atoms with van der Waals surface area (Å²) in [5.74, 6) is -0.333. The van der Waals surface area contributed by atoms with Gasteiger partial charge in [0.1, 0.15) is 0 Å². The number of ether oxygens (including phenoxy) is 2. The minimum absolute atomic E-state index is 0.333. The number of hydrogen-bond donors (Lipinski definition) is 1. The predicted octanol–water partition coefficient (Wildman–Crippen LogP) is 0.0240. The quantitative estimate of drug-likeness (QED) is 0.622. The molecule has 0 aromatic carbocycles. The van der Waals surface area contributed by atoms with Crippen LogP contribution in [0.15, 0.2) is 6.20 Å². The third kappa shape index (κ3) is 1.42. The SMILES string of the molecule is COC(=O)C1Cc2[nH]ncc2CO1. The van der Waals surface area contributed by atoms with Gasteiger partial charge in [0.05, 0.1) is 19.9 Å². The van der Waals surface area contributed by atoms with Crippen LogP contribution in [0.2, 0.25) is 0 Å². The number of nitrogens with zero attached hydrogens (tertiary/aromatic N) is 1. The molecule has 0 saturated carbocycles. The van der Waals surface area contributed by atoms with E-state index in [1.807, 2.05) is 0 Å². The normalized spacial score (nSPS) is 20.8. The summed E-state index contributed by atoms with van der Waals surface area (Å²) >= 11 is 0. The lowest BCUT2D eigenvalue weighted by Crippen LogP contribution is -2.31. The number of carbonyl (C=O) groups excluding carboxylic acids is 1. The maximum absolute atomic E-state index is 11.1. The molecule has 0 fully saturated rings. The fourth-order valence-electron chi connectivity index (χ4n) is 1.36. The maximum atomic E-state index is 11.1. The molecule has 0 amide bonds. The summed E-state index contributed by atoms with van der Waals surface area (Å²) in [7, 11) is 1.36. The first-order valence-corrected chi connectivity index (χ1v) is 4.02. The Bertz CT molecular complexity index is 321. The van der Waals surface area contributed by atoms with Crippen molar-refractivity contribution in [1.29, 1.82) is 0 Å². The van der Waals surface area contributed by atoms with Gasteiger partial charge in [-0.25, -0.2) is 4.79 Å². The van der Waals surface area contributed by atoms with Gasteiger partial charge in [-0.2, -0.15) is 5.10 Å². The van der Waals surface area contributed by atoms with Crippen LogP contribution in [0.3, 0.4) is 0 Å². The summed E-state index contributed by atoms with van der Waals surface area (Å²) in [6.07, 6.45) is 1.74. The van der Waals surface area contributed by atoms with Gasteiger partial charge in [0.15, 0.2) is 6.10 Å². The average Bonchev–Trinajstić information content (AvgIpc) is 2.63. The molecule has 0 aliphatic carbocycles. The van der Waals surface area contributed by atoms with Crippen LogP contribution in [0, 0.1) is 0 Å². The molecule has 1 aromatic rings. The maximum Gasteiger partial charge on any atom is 0.335 e. The number of esters is 1. The molecule has 1 aromatic heterocycles. The van der Waals surface area contributed by atoms with Crippen LogP contribution < -0.4 is 0 Å². The lowest BCUT2D eigenvalue weighted by molar-refractivity contribution is -0.155. The van der Waals surface area contributed by atoms with Crippen molar-refractivity contribution >= 4 is 5.97 Å². The molecule has 0 saturated heterocycles. The Hall–Kier alpha value is -1.36. The molecule has 1 unspecified atom stereocenters. The summed E-state index contributed by atoms with van der Waals surface area (Å²) in [4.78, 5) is 11.1. The molecule has 0 spiro atoms. The summed E-state index contributed by atoms with van der Waals surface area (Å²) in [5, 5.41) is 6.70. The number of aromatic amines is 1.